The first kappa shape index (κ1) is 12.0. The van der Waals surface area contributed by atoms with Gasteiger partial charge in [-0.2, -0.15) is 0 Å². The third-order valence-electron chi connectivity index (χ3n) is 4.61. The number of hydrogen-bond acceptors (Lipinski definition) is 1. The predicted octanol–water partition coefficient (Wildman–Crippen LogP) is 4.83. The lowest BCUT2D eigenvalue weighted by molar-refractivity contribution is 0.250. The van der Waals surface area contributed by atoms with E-state index in [1.165, 1.54) is 44.9 Å². The topological polar surface area (TPSA) is 20.2 Å². The Balaban J connectivity index is 1.64. The van der Waals surface area contributed by atoms with Crippen molar-refractivity contribution in [1.29, 1.82) is 0 Å². The molecule has 0 saturated heterocycles. The molecule has 2 aliphatic rings. The number of rotatable bonds is 3. The van der Waals surface area contributed by atoms with Gasteiger partial charge in [0, 0.05) is 6.42 Å². The zero-order valence-electron chi connectivity index (χ0n) is 10.6. The molecule has 0 aliphatic heterocycles. The molecule has 1 unspecified atom stereocenters. The molecule has 92 valence electrons. The van der Waals surface area contributed by atoms with Crippen LogP contribution in [0.15, 0.2) is 11.8 Å². The van der Waals surface area contributed by atoms with E-state index in [9.17, 15) is 5.11 Å². The Morgan fingerprint density at radius 1 is 1.06 bits per heavy atom. The van der Waals surface area contributed by atoms with Gasteiger partial charge in [-0.15, -0.1) is 0 Å². The molecule has 2 rings (SSSR count). The van der Waals surface area contributed by atoms with Gasteiger partial charge in [0.05, 0.1) is 5.76 Å². The molecule has 1 saturated carbocycles. The van der Waals surface area contributed by atoms with E-state index < -0.39 is 0 Å². The van der Waals surface area contributed by atoms with E-state index in [4.69, 9.17) is 0 Å². The summed E-state index contributed by atoms with van der Waals surface area (Å²) in [5.74, 6) is 3.47. The number of hydrogen-bond donors (Lipinski definition) is 1. The first-order valence-electron chi connectivity index (χ1n) is 7.12. The van der Waals surface area contributed by atoms with Crippen molar-refractivity contribution in [2.75, 3.05) is 0 Å². The van der Waals surface area contributed by atoms with Crippen LogP contribution in [-0.2, 0) is 0 Å². The van der Waals surface area contributed by atoms with Gasteiger partial charge in [-0.05, 0) is 43.1 Å². The van der Waals surface area contributed by atoms with Crippen LogP contribution in [0.4, 0.5) is 0 Å². The van der Waals surface area contributed by atoms with Gasteiger partial charge in [-0.1, -0.05) is 39.0 Å². The molecule has 0 amide bonds. The molecular weight excluding hydrogens is 196 g/mol. The van der Waals surface area contributed by atoms with Crippen molar-refractivity contribution in [1.82, 2.24) is 0 Å². The summed E-state index contributed by atoms with van der Waals surface area (Å²) in [6, 6.07) is 0. The lowest BCUT2D eigenvalue weighted by Gasteiger charge is -2.28. The molecule has 0 aromatic carbocycles. The van der Waals surface area contributed by atoms with Crippen LogP contribution in [0.2, 0.25) is 0 Å². The first-order valence-corrected chi connectivity index (χ1v) is 7.12. The van der Waals surface area contributed by atoms with Crippen molar-refractivity contribution in [2.45, 2.75) is 64.7 Å². The zero-order valence-corrected chi connectivity index (χ0v) is 10.6. The Morgan fingerprint density at radius 3 is 2.38 bits per heavy atom. The monoisotopic (exact) mass is 222 g/mol. The molecule has 1 heteroatoms. The van der Waals surface area contributed by atoms with Crippen LogP contribution in [0.25, 0.3) is 0 Å². The maximum atomic E-state index is 9.33. The molecule has 0 aromatic heterocycles. The molecule has 0 aromatic rings. The van der Waals surface area contributed by atoms with E-state index in [0.717, 1.165) is 30.6 Å². The van der Waals surface area contributed by atoms with Crippen LogP contribution < -0.4 is 0 Å². The molecule has 2 aliphatic carbocycles. The molecule has 0 heterocycles. The van der Waals surface area contributed by atoms with Gasteiger partial charge < -0.3 is 5.11 Å². The van der Waals surface area contributed by atoms with Crippen molar-refractivity contribution < 1.29 is 5.11 Å². The molecular formula is C15H26O. The van der Waals surface area contributed by atoms with Gasteiger partial charge in [-0.3, -0.25) is 0 Å². The fourth-order valence-corrected chi connectivity index (χ4v) is 3.23. The highest BCUT2D eigenvalue weighted by molar-refractivity contribution is 4.97. The summed E-state index contributed by atoms with van der Waals surface area (Å²) in [5.41, 5.74) is 0. The maximum Gasteiger partial charge on any atom is 0.0883 e. The van der Waals surface area contributed by atoms with Crippen LogP contribution in [0.3, 0.4) is 0 Å². The minimum atomic E-state index is 0.628. The van der Waals surface area contributed by atoms with Crippen molar-refractivity contribution in [3.8, 4) is 0 Å². The lowest BCUT2D eigenvalue weighted by atomic mass is 9.78. The Hall–Kier alpha value is -0.460. The fraction of sp³-hybridized carbons (Fsp3) is 0.867. The maximum absolute atomic E-state index is 9.33. The van der Waals surface area contributed by atoms with Crippen molar-refractivity contribution >= 4 is 0 Å². The van der Waals surface area contributed by atoms with Crippen LogP contribution in [0.5, 0.6) is 0 Å². The quantitative estimate of drug-likeness (QED) is 0.724. The lowest BCUT2D eigenvalue weighted by Crippen LogP contribution is -2.14. The molecule has 16 heavy (non-hydrogen) atoms. The van der Waals surface area contributed by atoms with E-state index in [1.807, 2.05) is 6.08 Å². The third kappa shape index (κ3) is 3.54. The molecule has 0 spiro atoms. The summed E-state index contributed by atoms with van der Waals surface area (Å²) in [7, 11) is 0. The summed E-state index contributed by atoms with van der Waals surface area (Å²) in [5, 5.41) is 9.33. The molecule has 1 N–H and O–H groups in total. The standard InChI is InChI=1S/C15H26O/c1-12-2-4-13(5-3-12)6-7-14-8-10-15(16)11-9-14/h10,12-14,16H,2-9,11H2,1H3. The van der Waals surface area contributed by atoms with Crippen molar-refractivity contribution in [3.63, 3.8) is 0 Å². The minimum Gasteiger partial charge on any atom is -0.513 e. The van der Waals surface area contributed by atoms with E-state index >= 15 is 0 Å². The van der Waals surface area contributed by atoms with Gasteiger partial charge in [-0.25, -0.2) is 0 Å². The average Bonchev–Trinajstić information content (AvgIpc) is 2.30. The molecule has 0 bridgehead atoms. The van der Waals surface area contributed by atoms with E-state index in [-0.39, 0.29) is 0 Å². The second-order valence-corrected chi connectivity index (χ2v) is 6.04. The predicted molar refractivity (Wildman–Crippen MR) is 68.4 cm³/mol. The highest BCUT2D eigenvalue weighted by atomic mass is 16.3. The van der Waals surface area contributed by atoms with Gasteiger partial charge >= 0.3 is 0 Å². The average molecular weight is 222 g/mol. The summed E-state index contributed by atoms with van der Waals surface area (Å²) in [4.78, 5) is 0. The van der Waals surface area contributed by atoms with Crippen molar-refractivity contribution in [3.05, 3.63) is 11.8 Å². The van der Waals surface area contributed by atoms with Crippen molar-refractivity contribution in [2.24, 2.45) is 17.8 Å². The molecule has 1 fully saturated rings. The minimum absolute atomic E-state index is 0.628. The molecule has 0 radical (unpaired) electrons. The van der Waals surface area contributed by atoms with Crippen LogP contribution in [0, 0.1) is 17.8 Å². The Kier molecular flexibility index (Phi) is 4.31. The van der Waals surface area contributed by atoms with Crippen LogP contribution >= 0.6 is 0 Å². The molecule has 1 atom stereocenters. The van der Waals surface area contributed by atoms with Gasteiger partial charge in [0.2, 0.25) is 0 Å². The first-order chi connectivity index (χ1) is 7.74. The van der Waals surface area contributed by atoms with Crippen LogP contribution in [0.1, 0.15) is 64.7 Å². The summed E-state index contributed by atoms with van der Waals surface area (Å²) in [6.07, 6.45) is 14.0. The number of aliphatic hydroxyl groups excluding tert-OH is 1. The van der Waals surface area contributed by atoms with Gasteiger partial charge in [0.25, 0.3) is 0 Å². The largest absolute Gasteiger partial charge is 0.513 e. The number of allylic oxidation sites excluding steroid dienone is 2. The van der Waals surface area contributed by atoms with Gasteiger partial charge in [0.15, 0.2) is 0 Å². The third-order valence-corrected chi connectivity index (χ3v) is 4.61. The fourth-order valence-electron chi connectivity index (χ4n) is 3.23. The Bertz CT molecular complexity index is 236. The Morgan fingerprint density at radius 2 is 1.75 bits per heavy atom. The van der Waals surface area contributed by atoms with E-state index in [2.05, 4.69) is 6.92 Å². The summed E-state index contributed by atoms with van der Waals surface area (Å²) in [6.45, 7) is 2.39. The Labute approximate surface area is 99.9 Å². The van der Waals surface area contributed by atoms with E-state index in [0.29, 0.717) is 5.76 Å². The second kappa shape index (κ2) is 5.75. The highest BCUT2D eigenvalue weighted by Gasteiger charge is 2.20. The second-order valence-electron chi connectivity index (χ2n) is 6.04. The normalized spacial score (nSPS) is 35.8. The van der Waals surface area contributed by atoms with E-state index in [1.54, 1.807) is 0 Å². The SMILES string of the molecule is CC1CCC(CCC2CC=C(O)CC2)CC1. The zero-order chi connectivity index (χ0) is 11.4. The molecule has 1 nitrogen and oxygen atoms in total. The highest BCUT2D eigenvalue weighted by Crippen LogP contribution is 2.34. The van der Waals surface area contributed by atoms with Gasteiger partial charge in [0.1, 0.15) is 0 Å². The smallest absolute Gasteiger partial charge is 0.0883 e. The summed E-state index contributed by atoms with van der Waals surface area (Å²) >= 11 is 0. The summed E-state index contributed by atoms with van der Waals surface area (Å²) < 4.78 is 0. The van der Waals surface area contributed by atoms with Crippen LogP contribution in [-0.4, -0.2) is 5.11 Å². The number of aliphatic hydroxyl groups is 1.